The highest BCUT2D eigenvalue weighted by Gasteiger charge is 2.15. The number of carbonyl (C=O) groups excluding carboxylic acids is 1. The van der Waals surface area contributed by atoms with Crippen LogP contribution in [0.25, 0.3) is 5.69 Å². The van der Waals surface area contributed by atoms with Gasteiger partial charge < -0.3 is 5.32 Å². The molecule has 128 valence electrons. The van der Waals surface area contributed by atoms with Gasteiger partial charge in [-0.3, -0.25) is 4.79 Å². The third-order valence-corrected chi connectivity index (χ3v) is 4.16. The monoisotopic (exact) mass is 361 g/mol. The van der Waals surface area contributed by atoms with Crippen LogP contribution < -0.4 is 5.32 Å². The summed E-state index contributed by atoms with van der Waals surface area (Å²) in [6, 6.07) is 15.0. The fraction of sp³-hybridized carbons (Fsp3) is 0.125. The first-order chi connectivity index (χ1) is 12.1. The maximum atomic E-state index is 12.9. The van der Waals surface area contributed by atoms with E-state index in [-0.39, 0.29) is 17.0 Å². The summed E-state index contributed by atoms with van der Waals surface area (Å²) in [4.78, 5) is 12.1. The standard InChI is InChI=1S/C16H13F2N5OS/c17-15(18)12-8-4-5-9-13(12)19-14(24)10-25-16-20-21-22-23(16)11-6-2-1-3-7-11/h1-9,15H,10H2,(H,19,24). The van der Waals surface area contributed by atoms with Gasteiger partial charge >= 0.3 is 0 Å². The van der Waals surface area contributed by atoms with Crippen LogP contribution in [0.1, 0.15) is 12.0 Å². The number of carbonyl (C=O) groups is 1. The van der Waals surface area contributed by atoms with Crippen molar-refractivity contribution < 1.29 is 13.6 Å². The van der Waals surface area contributed by atoms with Crippen LogP contribution in [0.2, 0.25) is 0 Å². The van der Waals surface area contributed by atoms with Crippen LogP contribution >= 0.6 is 11.8 Å². The van der Waals surface area contributed by atoms with Crippen LogP contribution in [-0.4, -0.2) is 31.9 Å². The van der Waals surface area contributed by atoms with E-state index < -0.39 is 12.3 Å². The normalized spacial score (nSPS) is 10.8. The molecule has 9 heteroatoms. The average Bonchev–Trinajstić information content (AvgIpc) is 3.09. The Labute approximate surface area is 146 Å². The van der Waals surface area contributed by atoms with Gasteiger partial charge in [0.05, 0.1) is 11.4 Å². The molecule has 1 N–H and O–H groups in total. The van der Waals surface area contributed by atoms with E-state index in [1.165, 1.54) is 22.9 Å². The highest BCUT2D eigenvalue weighted by molar-refractivity contribution is 7.99. The van der Waals surface area contributed by atoms with Gasteiger partial charge in [-0.05, 0) is 28.6 Å². The summed E-state index contributed by atoms with van der Waals surface area (Å²) in [5.74, 6) is -0.425. The van der Waals surface area contributed by atoms with Crippen LogP contribution in [0.5, 0.6) is 0 Å². The van der Waals surface area contributed by atoms with Gasteiger partial charge in [-0.25, -0.2) is 8.78 Å². The van der Waals surface area contributed by atoms with Crippen molar-refractivity contribution in [1.29, 1.82) is 0 Å². The molecule has 0 spiro atoms. The Bertz CT molecular complexity index is 856. The molecule has 0 radical (unpaired) electrons. The number of aromatic nitrogens is 4. The number of amides is 1. The molecule has 0 unspecified atom stereocenters. The second-order valence-corrected chi connectivity index (χ2v) is 5.88. The number of thioether (sulfide) groups is 1. The van der Waals surface area contributed by atoms with Gasteiger partial charge in [-0.1, -0.05) is 48.2 Å². The molecule has 1 heterocycles. The van der Waals surface area contributed by atoms with E-state index in [2.05, 4.69) is 20.8 Å². The van der Waals surface area contributed by atoms with Crippen LogP contribution in [-0.2, 0) is 4.79 Å². The molecule has 0 atom stereocenters. The third kappa shape index (κ3) is 4.18. The molecular formula is C16H13F2N5OS. The van der Waals surface area contributed by atoms with E-state index in [9.17, 15) is 13.6 Å². The Morgan fingerprint density at radius 3 is 2.60 bits per heavy atom. The molecular weight excluding hydrogens is 348 g/mol. The lowest BCUT2D eigenvalue weighted by Gasteiger charge is -2.10. The zero-order valence-electron chi connectivity index (χ0n) is 12.8. The lowest BCUT2D eigenvalue weighted by molar-refractivity contribution is -0.113. The first-order valence-corrected chi connectivity index (χ1v) is 8.27. The SMILES string of the molecule is O=C(CSc1nnnn1-c1ccccc1)Nc1ccccc1C(F)F. The van der Waals surface area contributed by atoms with Gasteiger partial charge in [0.15, 0.2) is 0 Å². The molecule has 2 aromatic carbocycles. The first-order valence-electron chi connectivity index (χ1n) is 7.28. The highest BCUT2D eigenvalue weighted by Crippen LogP contribution is 2.27. The summed E-state index contributed by atoms with van der Waals surface area (Å²) in [6.45, 7) is 0. The first kappa shape index (κ1) is 17.0. The molecule has 0 fully saturated rings. The Morgan fingerprint density at radius 1 is 1.12 bits per heavy atom. The second-order valence-electron chi connectivity index (χ2n) is 4.93. The molecule has 1 amide bonds. The number of nitrogens with one attached hydrogen (secondary N) is 1. The van der Waals surface area contributed by atoms with Gasteiger partial charge in [0.25, 0.3) is 6.43 Å². The van der Waals surface area contributed by atoms with Crippen LogP contribution in [0.3, 0.4) is 0 Å². The number of rotatable bonds is 6. The molecule has 0 saturated carbocycles. The van der Waals surface area contributed by atoms with E-state index in [4.69, 9.17) is 0 Å². The van der Waals surface area contributed by atoms with Crippen molar-refractivity contribution in [3.63, 3.8) is 0 Å². The van der Waals surface area contributed by atoms with Crippen molar-refractivity contribution in [2.24, 2.45) is 0 Å². The predicted molar refractivity (Wildman–Crippen MR) is 89.9 cm³/mol. The van der Waals surface area contributed by atoms with E-state index in [1.54, 1.807) is 6.07 Å². The van der Waals surface area contributed by atoms with Crippen LogP contribution in [0, 0.1) is 0 Å². The predicted octanol–water partition coefficient (Wildman–Crippen LogP) is 3.33. The van der Waals surface area contributed by atoms with E-state index in [1.807, 2.05) is 30.3 Å². The molecule has 3 rings (SSSR count). The van der Waals surface area contributed by atoms with Crippen molar-refractivity contribution in [3.05, 3.63) is 60.2 Å². The Kier molecular flexibility index (Phi) is 5.34. The number of para-hydroxylation sites is 2. The van der Waals surface area contributed by atoms with Crippen LogP contribution in [0.15, 0.2) is 59.8 Å². The molecule has 0 bridgehead atoms. The molecule has 25 heavy (non-hydrogen) atoms. The second kappa shape index (κ2) is 7.84. The van der Waals surface area contributed by atoms with Crippen LogP contribution in [0.4, 0.5) is 14.5 Å². The van der Waals surface area contributed by atoms with Crippen molar-refractivity contribution >= 4 is 23.4 Å². The number of hydrogen-bond acceptors (Lipinski definition) is 5. The molecule has 0 saturated heterocycles. The molecule has 6 nitrogen and oxygen atoms in total. The zero-order valence-corrected chi connectivity index (χ0v) is 13.7. The fourth-order valence-electron chi connectivity index (χ4n) is 2.12. The Balaban J connectivity index is 1.66. The maximum Gasteiger partial charge on any atom is 0.265 e. The number of alkyl halides is 2. The summed E-state index contributed by atoms with van der Waals surface area (Å²) in [5, 5.41) is 14.3. The van der Waals surface area contributed by atoms with Crippen molar-refractivity contribution in [2.45, 2.75) is 11.6 Å². The minimum absolute atomic E-state index is 0.00915. The topological polar surface area (TPSA) is 72.7 Å². The molecule has 3 aromatic rings. The summed E-state index contributed by atoms with van der Waals surface area (Å²) >= 11 is 1.12. The molecule has 1 aromatic heterocycles. The number of halogens is 2. The molecule has 0 aliphatic carbocycles. The maximum absolute atomic E-state index is 12.9. The third-order valence-electron chi connectivity index (χ3n) is 3.24. The smallest absolute Gasteiger partial charge is 0.265 e. The zero-order chi connectivity index (χ0) is 17.6. The summed E-state index contributed by atoms with van der Waals surface area (Å²) < 4.78 is 27.4. The van der Waals surface area contributed by atoms with E-state index in [0.29, 0.717) is 5.16 Å². The highest BCUT2D eigenvalue weighted by atomic mass is 32.2. The van der Waals surface area contributed by atoms with Crippen molar-refractivity contribution in [3.8, 4) is 5.69 Å². The average molecular weight is 361 g/mol. The summed E-state index contributed by atoms with van der Waals surface area (Å²) in [5.41, 5.74) is 0.652. The van der Waals surface area contributed by atoms with Crippen molar-refractivity contribution in [2.75, 3.05) is 11.1 Å². The van der Waals surface area contributed by atoms with Gasteiger partial charge in [-0.15, -0.1) is 5.10 Å². The quantitative estimate of drug-likeness (QED) is 0.682. The molecule has 0 aliphatic heterocycles. The van der Waals surface area contributed by atoms with E-state index >= 15 is 0 Å². The van der Waals surface area contributed by atoms with Gasteiger partial charge in [0.1, 0.15) is 0 Å². The number of hydrogen-bond donors (Lipinski definition) is 1. The van der Waals surface area contributed by atoms with E-state index in [0.717, 1.165) is 17.4 Å². The van der Waals surface area contributed by atoms with Gasteiger partial charge in [0.2, 0.25) is 11.1 Å². The fourth-order valence-corrected chi connectivity index (χ4v) is 2.81. The Morgan fingerprint density at radius 2 is 1.84 bits per heavy atom. The van der Waals surface area contributed by atoms with Gasteiger partial charge in [0, 0.05) is 11.3 Å². The lowest BCUT2D eigenvalue weighted by Crippen LogP contribution is -2.16. The van der Waals surface area contributed by atoms with Gasteiger partial charge in [-0.2, -0.15) is 4.68 Å². The minimum Gasteiger partial charge on any atom is -0.325 e. The minimum atomic E-state index is -2.66. The van der Waals surface area contributed by atoms with Crippen molar-refractivity contribution in [1.82, 2.24) is 20.2 Å². The Hall–Kier alpha value is -2.81. The number of nitrogens with zero attached hydrogens (tertiary/aromatic N) is 4. The summed E-state index contributed by atoms with van der Waals surface area (Å²) in [7, 11) is 0. The molecule has 0 aliphatic rings. The number of anilines is 1. The summed E-state index contributed by atoms with van der Waals surface area (Å²) in [6.07, 6.45) is -2.66. The lowest BCUT2D eigenvalue weighted by atomic mass is 10.2. The number of benzene rings is 2. The largest absolute Gasteiger partial charge is 0.325 e. The number of tetrazole rings is 1.